The molecule has 0 aromatic heterocycles. The highest BCUT2D eigenvalue weighted by Crippen LogP contribution is 2.23. The van der Waals surface area contributed by atoms with Crippen molar-refractivity contribution in [3.8, 4) is 5.75 Å². The number of hydrogen-bond donors (Lipinski definition) is 0. The number of benzene rings is 2. The van der Waals surface area contributed by atoms with E-state index in [4.69, 9.17) is 16.3 Å². The van der Waals surface area contributed by atoms with Crippen LogP contribution in [0.3, 0.4) is 0 Å². The van der Waals surface area contributed by atoms with Gasteiger partial charge in [-0.05, 0) is 35.9 Å². The van der Waals surface area contributed by atoms with Crippen LogP contribution in [0.15, 0.2) is 42.5 Å². The lowest BCUT2D eigenvalue weighted by molar-refractivity contribution is -0.384. The number of carbonyl (C=O) groups is 1. The molecule has 1 amide bonds. The summed E-state index contributed by atoms with van der Waals surface area (Å²) in [6, 6.07) is 9.33. The van der Waals surface area contributed by atoms with E-state index in [9.17, 15) is 19.3 Å². The minimum atomic E-state index is -0.528. The number of hydrogen-bond acceptors (Lipinski definition) is 4. The number of rotatable bonds is 6. The number of carbonyl (C=O) groups excluding carboxylic acids is 1. The van der Waals surface area contributed by atoms with Crippen molar-refractivity contribution in [3.63, 3.8) is 0 Å². The molecule has 0 N–H and O–H groups in total. The fourth-order valence-electron chi connectivity index (χ4n) is 1.93. The number of ether oxygens (including phenoxy) is 1. The maximum atomic E-state index is 12.8. The van der Waals surface area contributed by atoms with Crippen LogP contribution in [0.1, 0.15) is 5.56 Å². The number of nitrogens with zero attached hydrogens (tertiary/aromatic N) is 2. The molecule has 0 spiro atoms. The van der Waals surface area contributed by atoms with Gasteiger partial charge in [0.2, 0.25) is 0 Å². The topological polar surface area (TPSA) is 72.7 Å². The first-order chi connectivity index (χ1) is 11.4. The summed E-state index contributed by atoms with van der Waals surface area (Å²) in [7, 11) is 1.53. The average molecular weight is 353 g/mol. The zero-order valence-electron chi connectivity index (χ0n) is 12.7. The molecule has 0 saturated heterocycles. The molecule has 2 aromatic carbocycles. The first kappa shape index (κ1) is 17.7. The predicted octanol–water partition coefficient (Wildman–Crippen LogP) is 3.42. The minimum absolute atomic E-state index is 0.0992. The Morgan fingerprint density at radius 3 is 2.58 bits per heavy atom. The molecular formula is C16H14ClFN2O4. The van der Waals surface area contributed by atoms with E-state index in [2.05, 4.69) is 0 Å². The highest BCUT2D eigenvalue weighted by atomic mass is 35.5. The molecule has 0 unspecified atom stereocenters. The molecular weight excluding hydrogens is 339 g/mol. The monoisotopic (exact) mass is 352 g/mol. The molecule has 24 heavy (non-hydrogen) atoms. The molecule has 0 heterocycles. The van der Waals surface area contributed by atoms with Gasteiger partial charge in [0.25, 0.3) is 11.6 Å². The van der Waals surface area contributed by atoms with Gasteiger partial charge < -0.3 is 9.64 Å². The van der Waals surface area contributed by atoms with Gasteiger partial charge in [-0.1, -0.05) is 11.6 Å². The Morgan fingerprint density at radius 1 is 1.29 bits per heavy atom. The number of nitro groups is 1. The molecule has 0 aliphatic rings. The Bertz CT molecular complexity index is 752. The van der Waals surface area contributed by atoms with Gasteiger partial charge in [0, 0.05) is 30.7 Å². The Kier molecular flexibility index (Phi) is 5.70. The van der Waals surface area contributed by atoms with Crippen LogP contribution >= 0.6 is 11.6 Å². The number of amides is 1. The number of non-ortho nitro benzene ring substituents is 1. The maximum Gasteiger partial charge on any atom is 0.269 e. The van der Waals surface area contributed by atoms with Gasteiger partial charge in [-0.25, -0.2) is 4.39 Å². The van der Waals surface area contributed by atoms with Crippen molar-refractivity contribution in [1.29, 1.82) is 0 Å². The van der Waals surface area contributed by atoms with Crippen molar-refractivity contribution in [2.45, 2.75) is 6.54 Å². The minimum Gasteiger partial charge on any atom is -0.484 e. The second-order valence-corrected chi connectivity index (χ2v) is 5.43. The van der Waals surface area contributed by atoms with Gasteiger partial charge >= 0.3 is 0 Å². The number of likely N-dealkylation sites (N-methyl/N-ethyl adjacent to an activating group) is 1. The number of halogens is 2. The third-order valence-corrected chi connectivity index (χ3v) is 3.62. The summed E-state index contributed by atoms with van der Waals surface area (Å²) in [5.41, 5.74) is 0.362. The molecule has 0 atom stereocenters. The van der Waals surface area contributed by atoms with E-state index >= 15 is 0 Å². The summed E-state index contributed by atoms with van der Waals surface area (Å²) < 4.78 is 18.1. The zero-order valence-corrected chi connectivity index (χ0v) is 13.5. The van der Waals surface area contributed by atoms with E-state index in [0.717, 1.165) is 0 Å². The smallest absolute Gasteiger partial charge is 0.269 e. The summed E-state index contributed by atoms with van der Waals surface area (Å²) in [6.07, 6.45) is 0. The van der Waals surface area contributed by atoms with Crippen molar-refractivity contribution in [1.82, 2.24) is 4.90 Å². The summed E-state index contributed by atoms with van der Waals surface area (Å²) in [6.45, 7) is -0.138. The largest absolute Gasteiger partial charge is 0.484 e. The molecule has 2 aromatic rings. The highest BCUT2D eigenvalue weighted by Gasteiger charge is 2.15. The van der Waals surface area contributed by atoms with Crippen molar-refractivity contribution in [2.24, 2.45) is 0 Å². The van der Waals surface area contributed by atoms with E-state index in [1.54, 1.807) is 0 Å². The van der Waals surface area contributed by atoms with Crippen LogP contribution in [0.5, 0.6) is 5.75 Å². The summed E-state index contributed by atoms with van der Waals surface area (Å²) in [4.78, 5) is 23.7. The van der Waals surface area contributed by atoms with E-state index in [-0.39, 0.29) is 24.7 Å². The lowest BCUT2D eigenvalue weighted by atomic mass is 10.2. The normalized spacial score (nSPS) is 10.3. The van der Waals surface area contributed by atoms with E-state index in [0.29, 0.717) is 16.3 Å². The van der Waals surface area contributed by atoms with Crippen LogP contribution in [0.25, 0.3) is 0 Å². The van der Waals surface area contributed by atoms with Crippen molar-refractivity contribution in [2.75, 3.05) is 13.7 Å². The fraction of sp³-hybridized carbons (Fsp3) is 0.188. The fourth-order valence-corrected chi connectivity index (χ4v) is 2.10. The van der Waals surface area contributed by atoms with E-state index in [1.165, 1.54) is 54.4 Å². The number of nitro benzene ring substituents is 1. The molecule has 126 valence electrons. The van der Waals surface area contributed by atoms with Crippen LogP contribution in [-0.2, 0) is 11.3 Å². The molecule has 2 rings (SSSR count). The first-order valence-electron chi connectivity index (χ1n) is 6.92. The lowest BCUT2D eigenvalue weighted by Gasteiger charge is -2.18. The summed E-state index contributed by atoms with van der Waals surface area (Å²) >= 11 is 6.01. The Labute approximate surface area is 142 Å². The summed E-state index contributed by atoms with van der Waals surface area (Å²) in [5.74, 6) is -0.375. The van der Waals surface area contributed by atoms with Crippen molar-refractivity contribution < 1.29 is 18.8 Å². The molecule has 0 fully saturated rings. The van der Waals surface area contributed by atoms with Crippen LogP contribution in [0, 0.1) is 15.9 Å². The predicted molar refractivity (Wildman–Crippen MR) is 86.5 cm³/mol. The van der Waals surface area contributed by atoms with Gasteiger partial charge in [-0.15, -0.1) is 0 Å². The molecule has 6 nitrogen and oxygen atoms in total. The van der Waals surface area contributed by atoms with Gasteiger partial charge in [0.1, 0.15) is 11.6 Å². The molecule has 0 saturated carbocycles. The quantitative estimate of drug-likeness (QED) is 0.589. The van der Waals surface area contributed by atoms with Crippen LogP contribution < -0.4 is 4.74 Å². The van der Waals surface area contributed by atoms with E-state index < -0.39 is 10.7 Å². The van der Waals surface area contributed by atoms with Crippen LogP contribution in [0.4, 0.5) is 10.1 Å². The van der Waals surface area contributed by atoms with Gasteiger partial charge in [-0.3, -0.25) is 14.9 Å². The molecule has 0 aliphatic carbocycles. The van der Waals surface area contributed by atoms with Crippen LogP contribution in [-0.4, -0.2) is 29.4 Å². The third-order valence-electron chi connectivity index (χ3n) is 3.25. The van der Waals surface area contributed by atoms with Crippen LogP contribution in [0.2, 0.25) is 5.02 Å². The average Bonchev–Trinajstić information content (AvgIpc) is 2.55. The molecule has 0 radical (unpaired) electrons. The van der Waals surface area contributed by atoms with Gasteiger partial charge in [0.05, 0.1) is 4.92 Å². The van der Waals surface area contributed by atoms with Crippen molar-refractivity contribution in [3.05, 3.63) is 69.0 Å². The Balaban J connectivity index is 1.97. The summed E-state index contributed by atoms with van der Waals surface area (Å²) in [5, 5.41) is 11.1. The lowest BCUT2D eigenvalue weighted by Crippen LogP contribution is -2.31. The molecule has 0 aliphatic heterocycles. The van der Waals surface area contributed by atoms with Crippen molar-refractivity contribution >= 4 is 23.2 Å². The Hall–Kier alpha value is -2.67. The maximum absolute atomic E-state index is 12.8. The standard InChI is InChI=1S/C16H14ClFN2O4/c1-19(9-11-8-13(20(22)23)4-7-15(11)17)16(21)10-24-14-5-2-12(18)3-6-14/h2-8H,9-10H2,1H3. The zero-order chi connectivity index (χ0) is 17.7. The Morgan fingerprint density at radius 2 is 1.96 bits per heavy atom. The SMILES string of the molecule is CN(Cc1cc([N+](=O)[O-])ccc1Cl)C(=O)COc1ccc(F)cc1. The molecule has 0 bridgehead atoms. The van der Waals surface area contributed by atoms with E-state index in [1.807, 2.05) is 0 Å². The van der Waals surface area contributed by atoms with Gasteiger partial charge in [0.15, 0.2) is 6.61 Å². The van der Waals surface area contributed by atoms with Gasteiger partial charge in [-0.2, -0.15) is 0 Å². The third kappa shape index (κ3) is 4.66. The molecule has 8 heteroatoms. The highest BCUT2D eigenvalue weighted by molar-refractivity contribution is 6.31. The second-order valence-electron chi connectivity index (χ2n) is 5.03. The second kappa shape index (κ2) is 7.74. The first-order valence-corrected chi connectivity index (χ1v) is 7.30.